The van der Waals surface area contributed by atoms with E-state index in [0.717, 1.165) is 72.9 Å². The molecular formula is C36H40N8. The maximum Gasteiger partial charge on any atom is 0.0543 e. The van der Waals surface area contributed by atoms with Gasteiger partial charge in [0.15, 0.2) is 0 Å². The fourth-order valence-electron chi connectivity index (χ4n) is 4.90. The molecule has 0 amide bonds. The van der Waals surface area contributed by atoms with Gasteiger partial charge in [0.2, 0.25) is 0 Å². The van der Waals surface area contributed by atoms with Crippen molar-refractivity contribution in [2.45, 2.75) is 13.1 Å². The van der Waals surface area contributed by atoms with E-state index < -0.39 is 0 Å². The summed E-state index contributed by atoms with van der Waals surface area (Å²) < 4.78 is 0. The quantitative estimate of drug-likeness (QED) is 0.343. The zero-order valence-electron chi connectivity index (χ0n) is 25.2. The average molecular weight is 585 g/mol. The number of hydrogen-bond acceptors (Lipinski definition) is 8. The third kappa shape index (κ3) is 10.9. The third-order valence-corrected chi connectivity index (χ3v) is 7.19. The van der Waals surface area contributed by atoms with E-state index in [9.17, 15) is 0 Å². The maximum atomic E-state index is 4.74. The molecular weight excluding hydrogens is 544 g/mol. The van der Waals surface area contributed by atoms with Crippen molar-refractivity contribution in [1.82, 2.24) is 19.8 Å². The molecule has 224 valence electrons. The fraction of sp³-hybridized carbons (Fsp3) is 0.278. The first kappa shape index (κ1) is 30.8. The Labute approximate surface area is 260 Å². The van der Waals surface area contributed by atoms with Gasteiger partial charge in [0.1, 0.15) is 0 Å². The lowest BCUT2D eigenvalue weighted by Gasteiger charge is -2.20. The van der Waals surface area contributed by atoms with E-state index in [1.165, 1.54) is 0 Å². The molecule has 8 heteroatoms. The Balaban J connectivity index is 1.30. The standard InChI is InChI=1S/C36H40N8/c1-3-13-41-35(11-1)29-43-19-15-37-25-31-7-5-9-33(23-31)27-39-17-21-44(30-36-12-2-4-14-42-36)22-18-40-28-34-10-6-8-32(24-34)26-38-16-20-43/h1-14,23-28H,15-22,29-30H2. The molecule has 1 aliphatic heterocycles. The smallest absolute Gasteiger partial charge is 0.0543 e. The molecule has 4 bridgehead atoms. The van der Waals surface area contributed by atoms with Gasteiger partial charge in [-0.15, -0.1) is 0 Å². The average Bonchev–Trinajstić information content (AvgIpc) is 3.06. The molecule has 8 nitrogen and oxygen atoms in total. The predicted molar refractivity (Wildman–Crippen MR) is 182 cm³/mol. The predicted octanol–water partition coefficient (Wildman–Crippen LogP) is 4.87. The summed E-state index contributed by atoms with van der Waals surface area (Å²) in [5.74, 6) is 0. The first-order valence-corrected chi connectivity index (χ1v) is 15.2. The molecule has 0 N–H and O–H groups in total. The van der Waals surface area contributed by atoms with Crippen molar-refractivity contribution in [3.63, 3.8) is 0 Å². The van der Waals surface area contributed by atoms with Crippen molar-refractivity contribution in [2.75, 3.05) is 52.4 Å². The number of benzene rings is 2. The van der Waals surface area contributed by atoms with Crippen LogP contribution in [0.25, 0.3) is 0 Å². The van der Waals surface area contributed by atoms with Gasteiger partial charge in [-0.1, -0.05) is 48.5 Å². The van der Waals surface area contributed by atoms with Crippen LogP contribution in [0.2, 0.25) is 0 Å². The lowest BCUT2D eigenvalue weighted by Crippen LogP contribution is -2.29. The number of aromatic nitrogens is 2. The van der Waals surface area contributed by atoms with Gasteiger partial charge in [-0.2, -0.15) is 0 Å². The van der Waals surface area contributed by atoms with Crippen molar-refractivity contribution in [3.05, 3.63) is 131 Å². The second-order valence-corrected chi connectivity index (χ2v) is 10.7. The second kappa shape index (κ2) is 17.5. The zero-order chi connectivity index (χ0) is 30.1. The monoisotopic (exact) mass is 584 g/mol. The van der Waals surface area contributed by atoms with E-state index in [1.54, 1.807) is 0 Å². The van der Waals surface area contributed by atoms with Crippen LogP contribution >= 0.6 is 0 Å². The largest absolute Gasteiger partial charge is 0.294 e. The van der Waals surface area contributed by atoms with Crippen LogP contribution in [-0.2, 0) is 13.1 Å². The summed E-state index contributed by atoms with van der Waals surface area (Å²) in [6, 6.07) is 28.8. The molecule has 44 heavy (non-hydrogen) atoms. The third-order valence-electron chi connectivity index (χ3n) is 7.19. The van der Waals surface area contributed by atoms with Gasteiger partial charge in [0.05, 0.1) is 37.6 Å². The van der Waals surface area contributed by atoms with Gasteiger partial charge in [-0.05, 0) is 58.7 Å². The Hall–Kier alpha value is -4.66. The van der Waals surface area contributed by atoms with Crippen LogP contribution in [0.15, 0.2) is 117 Å². The lowest BCUT2D eigenvalue weighted by atomic mass is 10.1. The summed E-state index contributed by atoms with van der Waals surface area (Å²) in [7, 11) is 0. The van der Waals surface area contributed by atoms with Crippen LogP contribution in [-0.4, -0.2) is 97.0 Å². The molecule has 4 aromatic rings. The highest BCUT2D eigenvalue weighted by molar-refractivity contribution is 5.86. The molecule has 0 spiro atoms. The minimum absolute atomic E-state index is 0.697. The highest BCUT2D eigenvalue weighted by Crippen LogP contribution is 2.06. The number of hydrogen-bond donors (Lipinski definition) is 0. The Bertz CT molecular complexity index is 1350. The first-order chi connectivity index (χ1) is 21.8. The molecule has 0 radical (unpaired) electrons. The molecule has 0 unspecified atom stereocenters. The maximum absolute atomic E-state index is 4.74. The van der Waals surface area contributed by atoms with E-state index in [4.69, 9.17) is 20.0 Å². The van der Waals surface area contributed by atoms with Crippen LogP contribution in [0, 0.1) is 0 Å². The van der Waals surface area contributed by atoms with Gasteiger partial charge in [-0.3, -0.25) is 39.7 Å². The summed E-state index contributed by atoms with van der Waals surface area (Å²) in [6.07, 6.45) is 11.5. The lowest BCUT2D eigenvalue weighted by molar-refractivity contribution is 0.278. The van der Waals surface area contributed by atoms with E-state index in [-0.39, 0.29) is 0 Å². The number of rotatable bonds is 4. The highest BCUT2D eigenvalue weighted by Gasteiger charge is 2.07. The number of nitrogens with zero attached hydrogens (tertiary/aromatic N) is 8. The Morgan fingerprint density at radius 2 is 0.795 bits per heavy atom. The normalized spacial score (nSPS) is 16.0. The summed E-state index contributed by atoms with van der Waals surface area (Å²) in [5.41, 5.74) is 6.38. The number of aliphatic imine (C=N–C) groups is 4. The number of fused-ring (bicyclic) bond motifs is 4. The van der Waals surface area contributed by atoms with Crippen LogP contribution in [0.5, 0.6) is 0 Å². The molecule has 0 saturated heterocycles. The molecule has 1 aliphatic rings. The van der Waals surface area contributed by atoms with Crippen molar-refractivity contribution in [3.8, 4) is 0 Å². The van der Waals surface area contributed by atoms with E-state index in [1.807, 2.05) is 61.5 Å². The van der Waals surface area contributed by atoms with E-state index in [0.29, 0.717) is 26.2 Å². The van der Waals surface area contributed by atoms with Crippen molar-refractivity contribution >= 4 is 24.9 Å². The van der Waals surface area contributed by atoms with Crippen molar-refractivity contribution in [2.24, 2.45) is 20.0 Å². The zero-order valence-corrected chi connectivity index (χ0v) is 25.2. The van der Waals surface area contributed by atoms with Crippen LogP contribution in [0.3, 0.4) is 0 Å². The van der Waals surface area contributed by atoms with Gasteiger partial charge >= 0.3 is 0 Å². The summed E-state index contributed by atoms with van der Waals surface area (Å²) in [5, 5.41) is 0. The number of pyridine rings is 2. The SMILES string of the molecule is C1=NCCN(Cc2ccccn2)CCN=Cc2cccc(c2)C=NCCN(Cc2ccccn2)CCN=Cc2cccc1c2. The Morgan fingerprint density at radius 1 is 0.432 bits per heavy atom. The molecule has 2 aromatic carbocycles. The molecule has 0 saturated carbocycles. The fourth-order valence-corrected chi connectivity index (χ4v) is 4.90. The van der Waals surface area contributed by atoms with Gasteiger partial charge in [0, 0.05) is 76.5 Å². The van der Waals surface area contributed by atoms with E-state index in [2.05, 4.69) is 80.4 Å². The van der Waals surface area contributed by atoms with E-state index >= 15 is 0 Å². The van der Waals surface area contributed by atoms with Gasteiger partial charge < -0.3 is 0 Å². The molecule has 2 aromatic heterocycles. The Kier molecular flexibility index (Phi) is 12.2. The second-order valence-electron chi connectivity index (χ2n) is 10.7. The van der Waals surface area contributed by atoms with Crippen LogP contribution < -0.4 is 0 Å². The van der Waals surface area contributed by atoms with Crippen molar-refractivity contribution < 1.29 is 0 Å². The first-order valence-electron chi connectivity index (χ1n) is 15.2. The van der Waals surface area contributed by atoms with Crippen LogP contribution in [0.1, 0.15) is 33.6 Å². The van der Waals surface area contributed by atoms with Crippen LogP contribution in [0.4, 0.5) is 0 Å². The summed E-state index contributed by atoms with van der Waals surface area (Å²) in [6.45, 7) is 7.62. The summed E-state index contributed by atoms with van der Waals surface area (Å²) in [4.78, 5) is 32.7. The van der Waals surface area contributed by atoms with Gasteiger partial charge in [0.25, 0.3) is 0 Å². The highest BCUT2D eigenvalue weighted by atomic mass is 15.2. The molecule has 0 atom stereocenters. The Morgan fingerprint density at radius 3 is 1.11 bits per heavy atom. The minimum Gasteiger partial charge on any atom is -0.294 e. The topological polar surface area (TPSA) is 81.7 Å². The molecule has 5 rings (SSSR count). The summed E-state index contributed by atoms with van der Waals surface area (Å²) >= 11 is 0. The molecule has 0 fully saturated rings. The van der Waals surface area contributed by atoms with Gasteiger partial charge in [-0.25, -0.2) is 0 Å². The molecule has 3 heterocycles. The minimum atomic E-state index is 0.697. The molecule has 0 aliphatic carbocycles. The van der Waals surface area contributed by atoms with Crippen molar-refractivity contribution in [1.29, 1.82) is 0 Å².